The molecule has 0 saturated heterocycles. The van der Waals surface area contributed by atoms with Gasteiger partial charge in [-0.05, 0) is 26.3 Å². The number of unbranched alkanes of at least 4 members (excludes halogenated alkanes) is 1. The molecule has 1 aromatic rings. The summed E-state index contributed by atoms with van der Waals surface area (Å²) in [5.41, 5.74) is 2.19. The fraction of sp³-hybridized carbons (Fsp3) is 0.750. The molecule has 0 saturated carbocycles. The van der Waals surface area contributed by atoms with Gasteiger partial charge in [-0.1, -0.05) is 31.9 Å². The number of nitrogens with one attached hydrogen (secondary N) is 1. The van der Waals surface area contributed by atoms with Crippen molar-refractivity contribution in [1.82, 2.24) is 15.1 Å². The Morgan fingerprint density at radius 1 is 1.31 bits per heavy atom. The van der Waals surface area contributed by atoms with Crippen LogP contribution < -0.4 is 5.32 Å². The van der Waals surface area contributed by atoms with Crippen molar-refractivity contribution < 1.29 is 0 Å². The van der Waals surface area contributed by atoms with Gasteiger partial charge in [0, 0.05) is 18.7 Å². The summed E-state index contributed by atoms with van der Waals surface area (Å²) in [4.78, 5) is 0. The van der Waals surface area contributed by atoms with Gasteiger partial charge in [0.25, 0.3) is 0 Å². The summed E-state index contributed by atoms with van der Waals surface area (Å²) in [5, 5.41) is 8.64. The number of aryl methyl sites for hydroxylation is 2. The van der Waals surface area contributed by atoms with Crippen LogP contribution in [0.25, 0.3) is 0 Å². The molecule has 4 heteroatoms. The Morgan fingerprint density at radius 3 is 2.69 bits per heavy atom. The fourth-order valence-corrected chi connectivity index (χ4v) is 1.96. The molecular weight excluding hydrogens is 222 g/mol. The van der Waals surface area contributed by atoms with Crippen LogP contribution in [0.2, 0.25) is 5.15 Å². The summed E-state index contributed by atoms with van der Waals surface area (Å²) in [6.45, 7) is 9.13. The van der Waals surface area contributed by atoms with Crippen LogP contribution in [0.3, 0.4) is 0 Å². The maximum absolute atomic E-state index is 6.30. The summed E-state index contributed by atoms with van der Waals surface area (Å²) in [6, 6.07) is 0. The van der Waals surface area contributed by atoms with Gasteiger partial charge >= 0.3 is 0 Å². The highest BCUT2D eigenvalue weighted by molar-refractivity contribution is 6.30. The lowest BCUT2D eigenvalue weighted by atomic mass is 10.2. The molecule has 1 aromatic heterocycles. The maximum Gasteiger partial charge on any atom is 0.131 e. The Hall–Kier alpha value is -0.540. The molecule has 0 amide bonds. The predicted octanol–water partition coefficient (Wildman–Crippen LogP) is 3.14. The molecule has 0 aromatic carbocycles. The number of nitrogens with zero attached hydrogens (tertiary/aromatic N) is 2. The second-order valence-corrected chi connectivity index (χ2v) is 4.47. The standard InChI is InChI=1S/C12H22ClN3/c1-4-6-8-16-12(13)11(10(3)15-16)9-14-7-5-2/h14H,4-9H2,1-3H3. The zero-order valence-corrected chi connectivity index (χ0v) is 11.3. The highest BCUT2D eigenvalue weighted by Crippen LogP contribution is 2.20. The molecule has 0 aliphatic carbocycles. The quantitative estimate of drug-likeness (QED) is 0.746. The van der Waals surface area contributed by atoms with E-state index in [-0.39, 0.29) is 0 Å². The van der Waals surface area contributed by atoms with E-state index >= 15 is 0 Å². The number of halogens is 1. The van der Waals surface area contributed by atoms with Crippen LogP contribution in [0.5, 0.6) is 0 Å². The van der Waals surface area contributed by atoms with Crippen molar-refractivity contribution in [1.29, 1.82) is 0 Å². The van der Waals surface area contributed by atoms with Crippen LogP contribution in [0, 0.1) is 6.92 Å². The van der Waals surface area contributed by atoms with Crippen LogP contribution in [0.15, 0.2) is 0 Å². The molecule has 1 heterocycles. The third-order valence-electron chi connectivity index (χ3n) is 2.64. The van der Waals surface area contributed by atoms with E-state index in [0.717, 1.165) is 48.9 Å². The first kappa shape index (κ1) is 13.5. The monoisotopic (exact) mass is 243 g/mol. The number of rotatable bonds is 7. The molecule has 92 valence electrons. The molecule has 0 spiro atoms. The van der Waals surface area contributed by atoms with Gasteiger partial charge in [-0.3, -0.25) is 4.68 Å². The number of aromatic nitrogens is 2. The van der Waals surface area contributed by atoms with E-state index in [9.17, 15) is 0 Å². The second kappa shape index (κ2) is 6.92. The molecule has 0 atom stereocenters. The zero-order valence-electron chi connectivity index (χ0n) is 10.5. The van der Waals surface area contributed by atoms with Crippen LogP contribution in [-0.4, -0.2) is 16.3 Å². The first-order valence-corrected chi connectivity index (χ1v) is 6.51. The van der Waals surface area contributed by atoms with E-state index in [0.29, 0.717) is 0 Å². The fourth-order valence-electron chi connectivity index (χ4n) is 1.64. The zero-order chi connectivity index (χ0) is 12.0. The first-order valence-electron chi connectivity index (χ1n) is 6.13. The summed E-state index contributed by atoms with van der Waals surface area (Å²) in [6.07, 6.45) is 3.43. The van der Waals surface area contributed by atoms with Crippen LogP contribution in [0.1, 0.15) is 44.4 Å². The third-order valence-corrected chi connectivity index (χ3v) is 3.06. The highest BCUT2D eigenvalue weighted by Gasteiger charge is 2.11. The van der Waals surface area contributed by atoms with Gasteiger partial charge in [0.1, 0.15) is 5.15 Å². The minimum absolute atomic E-state index is 0.801. The summed E-state index contributed by atoms with van der Waals surface area (Å²) >= 11 is 6.30. The van der Waals surface area contributed by atoms with Crippen LogP contribution >= 0.6 is 11.6 Å². The Balaban J connectivity index is 2.65. The van der Waals surface area contributed by atoms with E-state index in [1.165, 1.54) is 6.42 Å². The van der Waals surface area contributed by atoms with Crippen molar-refractivity contribution >= 4 is 11.6 Å². The minimum atomic E-state index is 0.801. The van der Waals surface area contributed by atoms with E-state index in [2.05, 4.69) is 24.3 Å². The normalized spacial score (nSPS) is 11.0. The Labute approximate surface area is 103 Å². The number of hydrogen-bond donors (Lipinski definition) is 1. The minimum Gasteiger partial charge on any atom is -0.313 e. The molecule has 16 heavy (non-hydrogen) atoms. The van der Waals surface area contributed by atoms with Crippen molar-refractivity contribution in [3.05, 3.63) is 16.4 Å². The molecule has 0 aliphatic heterocycles. The SMILES string of the molecule is CCCCn1nc(C)c(CNCCC)c1Cl. The van der Waals surface area contributed by atoms with Crippen molar-refractivity contribution in [3.8, 4) is 0 Å². The summed E-state index contributed by atoms with van der Waals surface area (Å²) in [5.74, 6) is 0. The van der Waals surface area contributed by atoms with Crippen LogP contribution in [0.4, 0.5) is 0 Å². The van der Waals surface area contributed by atoms with Gasteiger partial charge in [-0.2, -0.15) is 5.10 Å². The molecule has 3 nitrogen and oxygen atoms in total. The van der Waals surface area contributed by atoms with Gasteiger partial charge in [0.2, 0.25) is 0 Å². The van der Waals surface area contributed by atoms with Crippen LogP contribution in [-0.2, 0) is 13.1 Å². The van der Waals surface area contributed by atoms with Gasteiger partial charge in [-0.15, -0.1) is 0 Å². The van der Waals surface area contributed by atoms with E-state index in [1.54, 1.807) is 0 Å². The van der Waals surface area contributed by atoms with Gasteiger partial charge in [0.05, 0.1) is 5.69 Å². The van der Waals surface area contributed by atoms with E-state index in [1.807, 2.05) is 11.6 Å². The lowest BCUT2D eigenvalue weighted by Gasteiger charge is -2.03. The average Bonchev–Trinajstić information content (AvgIpc) is 2.54. The smallest absolute Gasteiger partial charge is 0.131 e. The topological polar surface area (TPSA) is 29.9 Å². The average molecular weight is 244 g/mol. The Morgan fingerprint density at radius 2 is 2.06 bits per heavy atom. The lowest BCUT2D eigenvalue weighted by molar-refractivity contribution is 0.568. The largest absolute Gasteiger partial charge is 0.313 e. The summed E-state index contributed by atoms with van der Waals surface area (Å²) < 4.78 is 1.92. The van der Waals surface area contributed by atoms with Crippen molar-refractivity contribution in [2.45, 2.75) is 53.1 Å². The molecule has 0 radical (unpaired) electrons. The molecule has 0 bridgehead atoms. The first-order chi connectivity index (χ1) is 7.70. The van der Waals surface area contributed by atoms with Crippen molar-refractivity contribution in [2.24, 2.45) is 0 Å². The second-order valence-electron chi connectivity index (χ2n) is 4.11. The molecule has 0 unspecified atom stereocenters. The van der Waals surface area contributed by atoms with Gasteiger partial charge in [0.15, 0.2) is 0 Å². The predicted molar refractivity (Wildman–Crippen MR) is 68.9 cm³/mol. The summed E-state index contributed by atoms with van der Waals surface area (Å²) in [7, 11) is 0. The maximum atomic E-state index is 6.30. The highest BCUT2D eigenvalue weighted by atomic mass is 35.5. The van der Waals surface area contributed by atoms with Crippen molar-refractivity contribution in [2.75, 3.05) is 6.54 Å². The van der Waals surface area contributed by atoms with Gasteiger partial charge in [-0.25, -0.2) is 0 Å². The van der Waals surface area contributed by atoms with E-state index < -0.39 is 0 Å². The third kappa shape index (κ3) is 3.49. The molecule has 0 fully saturated rings. The molecule has 1 rings (SSSR count). The molecule has 0 aliphatic rings. The lowest BCUT2D eigenvalue weighted by Crippen LogP contribution is -2.14. The Bertz CT molecular complexity index is 320. The molecular formula is C12H22ClN3. The van der Waals surface area contributed by atoms with Gasteiger partial charge < -0.3 is 5.32 Å². The molecule has 1 N–H and O–H groups in total. The van der Waals surface area contributed by atoms with E-state index in [4.69, 9.17) is 11.6 Å². The van der Waals surface area contributed by atoms with Crippen molar-refractivity contribution in [3.63, 3.8) is 0 Å². The number of hydrogen-bond acceptors (Lipinski definition) is 2. The Kier molecular flexibility index (Phi) is 5.85.